The summed E-state index contributed by atoms with van der Waals surface area (Å²) in [5.74, 6) is 0. The summed E-state index contributed by atoms with van der Waals surface area (Å²) in [7, 11) is 0. The molecule has 3 nitrogen and oxygen atoms in total. The molecule has 0 amide bonds. The van der Waals surface area contributed by atoms with E-state index in [0.29, 0.717) is 19.5 Å². The van der Waals surface area contributed by atoms with E-state index in [1.54, 1.807) is 23.3 Å². The van der Waals surface area contributed by atoms with Crippen LogP contribution in [0.15, 0.2) is 18.7 Å². The van der Waals surface area contributed by atoms with Gasteiger partial charge in [-0.2, -0.15) is 0 Å². The monoisotopic (exact) mass is 169 g/mol. The summed E-state index contributed by atoms with van der Waals surface area (Å²) < 4.78 is 15.5. The number of nitrogens with one attached hydrogen (secondary N) is 1. The first-order chi connectivity index (χ1) is 5.79. The van der Waals surface area contributed by atoms with Gasteiger partial charge in [0.15, 0.2) is 0 Å². The van der Waals surface area contributed by atoms with Gasteiger partial charge in [-0.1, -0.05) is 0 Å². The largest absolute Gasteiger partial charge is 0.334 e. The summed E-state index contributed by atoms with van der Waals surface area (Å²) in [6.45, 7) is 1.66. The van der Waals surface area contributed by atoms with Crippen molar-refractivity contribution in [1.82, 2.24) is 14.9 Å². The van der Waals surface area contributed by atoms with Crippen molar-refractivity contribution in [3.63, 3.8) is 0 Å². The molecular weight excluding hydrogens is 157 g/mol. The van der Waals surface area contributed by atoms with Crippen molar-refractivity contribution in [3.05, 3.63) is 18.7 Å². The van der Waals surface area contributed by atoms with Gasteiger partial charge in [-0.15, -0.1) is 0 Å². The number of halogens is 1. The van der Waals surface area contributed by atoms with Crippen LogP contribution in [0.5, 0.6) is 0 Å². The summed E-state index contributed by atoms with van der Waals surface area (Å²) in [5, 5.41) is 3.02. The van der Waals surface area contributed by atoms with Crippen molar-refractivity contribution in [2.75, 3.05) is 13.1 Å². The number of nitrogens with zero attached hydrogens (tertiary/aromatic N) is 2. The van der Waals surface area contributed by atoms with Crippen LogP contribution in [0.1, 0.15) is 6.42 Å². The highest BCUT2D eigenvalue weighted by atomic mass is 19.1. The van der Waals surface area contributed by atoms with E-state index in [9.17, 15) is 4.39 Å². The Hall–Kier alpha value is -0.900. The van der Waals surface area contributed by atoms with Crippen LogP contribution in [0.4, 0.5) is 4.39 Å². The summed E-state index contributed by atoms with van der Waals surface area (Å²) >= 11 is 0. The number of rotatable bonds is 2. The molecule has 0 spiro atoms. The molecule has 0 saturated carbocycles. The first-order valence-corrected chi connectivity index (χ1v) is 4.14. The molecular formula is C8H12FN3. The van der Waals surface area contributed by atoms with Crippen molar-refractivity contribution in [3.8, 4) is 0 Å². The van der Waals surface area contributed by atoms with Gasteiger partial charge in [0.2, 0.25) is 0 Å². The standard InChI is InChI=1S/C8H12FN3/c9-8(1-2-10-5-8)6-12-4-3-11-7-12/h3-4,7,10H,1-2,5-6H2. The third kappa shape index (κ3) is 1.48. The zero-order chi connectivity index (χ0) is 8.44. The SMILES string of the molecule is FC1(Cn2ccnc2)CCNC1. The summed E-state index contributed by atoms with van der Waals surface area (Å²) in [6, 6.07) is 0. The smallest absolute Gasteiger partial charge is 0.142 e. The van der Waals surface area contributed by atoms with E-state index >= 15 is 0 Å². The van der Waals surface area contributed by atoms with Crippen LogP contribution in [-0.2, 0) is 6.54 Å². The Balaban J connectivity index is 2.02. The molecule has 12 heavy (non-hydrogen) atoms. The van der Waals surface area contributed by atoms with Crippen molar-refractivity contribution < 1.29 is 4.39 Å². The Morgan fingerprint density at radius 3 is 3.17 bits per heavy atom. The second kappa shape index (κ2) is 2.86. The second-order valence-corrected chi connectivity index (χ2v) is 3.31. The Bertz CT molecular complexity index is 239. The molecule has 0 radical (unpaired) electrons. The molecule has 0 aliphatic carbocycles. The fourth-order valence-corrected chi connectivity index (χ4v) is 1.56. The number of imidazole rings is 1. The average molecular weight is 169 g/mol. The van der Waals surface area contributed by atoms with Gasteiger partial charge < -0.3 is 9.88 Å². The lowest BCUT2D eigenvalue weighted by atomic mass is 10.1. The molecule has 4 heteroatoms. The Morgan fingerprint density at radius 2 is 2.58 bits per heavy atom. The molecule has 0 bridgehead atoms. The molecule has 66 valence electrons. The molecule has 1 saturated heterocycles. The minimum atomic E-state index is -1.07. The highest BCUT2D eigenvalue weighted by molar-refractivity contribution is 4.90. The topological polar surface area (TPSA) is 29.9 Å². The van der Waals surface area contributed by atoms with E-state index in [0.717, 1.165) is 6.54 Å². The van der Waals surface area contributed by atoms with Gasteiger partial charge in [-0.25, -0.2) is 9.37 Å². The maximum Gasteiger partial charge on any atom is 0.142 e. The lowest BCUT2D eigenvalue weighted by molar-refractivity contribution is 0.162. The zero-order valence-electron chi connectivity index (χ0n) is 6.83. The maximum atomic E-state index is 13.8. The first-order valence-electron chi connectivity index (χ1n) is 4.14. The van der Waals surface area contributed by atoms with E-state index in [1.165, 1.54) is 0 Å². The third-order valence-corrected chi connectivity index (χ3v) is 2.22. The van der Waals surface area contributed by atoms with Crippen LogP contribution in [0.2, 0.25) is 0 Å². The predicted octanol–water partition coefficient (Wildman–Crippen LogP) is 0.585. The average Bonchev–Trinajstić information content (AvgIpc) is 2.62. The molecule has 1 unspecified atom stereocenters. The number of alkyl halides is 1. The van der Waals surface area contributed by atoms with Crippen LogP contribution < -0.4 is 5.32 Å². The fraction of sp³-hybridized carbons (Fsp3) is 0.625. The van der Waals surface area contributed by atoms with Crippen LogP contribution in [0.3, 0.4) is 0 Å². The quantitative estimate of drug-likeness (QED) is 0.702. The Labute approximate surface area is 70.6 Å². The van der Waals surface area contributed by atoms with Crippen molar-refractivity contribution in [1.29, 1.82) is 0 Å². The van der Waals surface area contributed by atoms with Crippen molar-refractivity contribution in [2.24, 2.45) is 0 Å². The van der Waals surface area contributed by atoms with Crippen LogP contribution in [0, 0.1) is 0 Å². The molecule has 1 aromatic rings. The lowest BCUT2D eigenvalue weighted by Gasteiger charge is -2.17. The lowest BCUT2D eigenvalue weighted by Crippen LogP contribution is -2.31. The number of hydrogen-bond acceptors (Lipinski definition) is 2. The first kappa shape index (κ1) is 7.73. The minimum absolute atomic E-state index is 0.417. The number of hydrogen-bond donors (Lipinski definition) is 1. The molecule has 1 aliphatic rings. The predicted molar refractivity (Wildman–Crippen MR) is 43.6 cm³/mol. The van der Waals surface area contributed by atoms with E-state index in [4.69, 9.17) is 0 Å². The molecule has 2 rings (SSSR count). The van der Waals surface area contributed by atoms with E-state index in [1.807, 2.05) is 0 Å². The Morgan fingerprint density at radius 1 is 1.67 bits per heavy atom. The van der Waals surface area contributed by atoms with Crippen LogP contribution in [0.25, 0.3) is 0 Å². The van der Waals surface area contributed by atoms with Gasteiger partial charge in [-0.05, 0) is 13.0 Å². The number of aromatic nitrogens is 2. The summed E-state index contributed by atoms with van der Waals surface area (Å²) in [6.07, 6.45) is 5.72. The van der Waals surface area contributed by atoms with Gasteiger partial charge in [0.05, 0.1) is 12.9 Å². The molecule has 1 aliphatic heterocycles. The molecule has 1 atom stereocenters. The third-order valence-electron chi connectivity index (χ3n) is 2.22. The van der Waals surface area contributed by atoms with E-state index in [-0.39, 0.29) is 0 Å². The van der Waals surface area contributed by atoms with Crippen molar-refractivity contribution >= 4 is 0 Å². The maximum absolute atomic E-state index is 13.8. The molecule has 1 fully saturated rings. The van der Waals surface area contributed by atoms with Crippen LogP contribution in [-0.4, -0.2) is 28.3 Å². The molecule has 0 aromatic carbocycles. The summed E-state index contributed by atoms with van der Waals surface area (Å²) in [4.78, 5) is 3.87. The molecule has 1 aromatic heterocycles. The Kier molecular flexibility index (Phi) is 1.84. The highest BCUT2D eigenvalue weighted by Crippen LogP contribution is 2.21. The van der Waals surface area contributed by atoms with E-state index in [2.05, 4.69) is 10.3 Å². The van der Waals surface area contributed by atoms with Gasteiger partial charge in [0.25, 0.3) is 0 Å². The molecule has 1 N–H and O–H groups in total. The summed E-state index contributed by atoms with van der Waals surface area (Å²) in [5.41, 5.74) is -1.07. The zero-order valence-corrected chi connectivity index (χ0v) is 6.83. The fourth-order valence-electron chi connectivity index (χ4n) is 1.56. The van der Waals surface area contributed by atoms with Crippen molar-refractivity contribution in [2.45, 2.75) is 18.6 Å². The van der Waals surface area contributed by atoms with Crippen LogP contribution >= 0.6 is 0 Å². The second-order valence-electron chi connectivity index (χ2n) is 3.31. The van der Waals surface area contributed by atoms with Gasteiger partial charge in [0, 0.05) is 18.9 Å². The van der Waals surface area contributed by atoms with Gasteiger partial charge in [-0.3, -0.25) is 0 Å². The van der Waals surface area contributed by atoms with E-state index < -0.39 is 5.67 Å². The highest BCUT2D eigenvalue weighted by Gasteiger charge is 2.33. The van der Waals surface area contributed by atoms with Gasteiger partial charge >= 0.3 is 0 Å². The normalized spacial score (nSPS) is 29.4. The minimum Gasteiger partial charge on any atom is -0.334 e. The molecule has 2 heterocycles. The van der Waals surface area contributed by atoms with Gasteiger partial charge in [0.1, 0.15) is 5.67 Å².